The highest BCUT2D eigenvalue weighted by Gasteiger charge is 2.15. The van der Waals surface area contributed by atoms with Crippen LogP contribution < -0.4 is 10.4 Å². The first-order valence-corrected chi connectivity index (χ1v) is 10.2. The molecule has 1 aromatic heterocycles. The molecule has 0 amide bonds. The second-order valence-electron chi connectivity index (χ2n) is 7.78. The second-order valence-corrected chi connectivity index (χ2v) is 7.78. The minimum Gasteiger partial charge on any atom is -0.491 e. The van der Waals surface area contributed by atoms with Gasteiger partial charge in [0.25, 0.3) is 0 Å². The predicted octanol–water partition coefficient (Wildman–Crippen LogP) is 4.03. The van der Waals surface area contributed by atoms with Gasteiger partial charge in [-0.15, -0.1) is 0 Å². The normalized spacial score (nSPS) is 12.2. The summed E-state index contributed by atoms with van der Waals surface area (Å²) in [6, 6.07) is 24.1. The SMILES string of the molecule is Cc1cc(C)cc(OCC(O)Cn2c(=N)n(Cc3ccccc3)c3ccccc32)c1. The Morgan fingerprint density at radius 2 is 1.47 bits per heavy atom. The van der Waals surface area contributed by atoms with Crippen LogP contribution >= 0.6 is 0 Å². The van der Waals surface area contributed by atoms with Gasteiger partial charge in [0.2, 0.25) is 5.62 Å². The number of hydrogen-bond acceptors (Lipinski definition) is 3. The Morgan fingerprint density at radius 1 is 0.867 bits per heavy atom. The van der Waals surface area contributed by atoms with Crippen molar-refractivity contribution in [2.24, 2.45) is 0 Å². The molecule has 0 aliphatic heterocycles. The van der Waals surface area contributed by atoms with E-state index in [4.69, 9.17) is 10.1 Å². The van der Waals surface area contributed by atoms with E-state index in [9.17, 15) is 5.11 Å². The molecule has 2 N–H and O–H groups in total. The minimum absolute atomic E-state index is 0.174. The number of benzene rings is 3. The summed E-state index contributed by atoms with van der Waals surface area (Å²) in [4.78, 5) is 0. The maximum absolute atomic E-state index is 10.6. The number of hydrogen-bond donors (Lipinski definition) is 2. The highest BCUT2D eigenvalue weighted by atomic mass is 16.5. The third-order valence-corrected chi connectivity index (χ3v) is 5.19. The maximum atomic E-state index is 10.6. The van der Waals surface area contributed by atoms with Crippen molar-refractivity contribution < 1.29 is 9.84 Å². The summed E-state index contributed by atoms with van der Waals surface area (Å²) in [5.74, 6) is 0.758. The summed E-state index contributed by atoms with van der Waals surface area (Å²) in [5, 5.41) is 19.4. The first-order valence-electron chi connectivity index (χ1n) is 10.2. The zero-order valence-corrected chi connectivity index (χ0v) is 17.4. The molecule has 5 nitrogen and oxygen atoms in total. The van der Waals surface area contributed by atoms with Crippen molar-refractivity contribution in [1.29, 1.82) is 5.41 Å². The maximum Gasteiger partial charge on any atom is 0.203 e. The molecule has 0 saturated heterocycles. The van der Waals surface area contributed by atoms with E-state index >= 15 is 0 Å². The zero-order valence-electron chi connectivity index (χ0n) is 17.4. The first kappa shape index (κ1) is 20.0. The van der Waals surface area contributed by atoms with Crippen molar-refractivity contribution in [1.82, 2.24) is 9.13 Å². The molecule has 0 radical (unpaired) electrons. The Kier molecular flexibility index (Phi) is 5.72. The van der Waals surface area contributed by atoms with E-state index in [2.05, 4.69) is 18.2 Å². The fourth-order valence-electron chi connectivity index (χ4n) is 3.88. The molecule has 30 heavy (non-hydrogen) atoms. The molecular formula is C25H27N3O2. The van der Waals surface area contributed by atoms with Crippen LogP contribution in [0.1, 0.15) is 16.7 Å². The number of aryl methyl sites for hydroxylation is 2. The number of aliphatic hydroxyl groups is 1. The van der Waals surface area contributed by atoms with Crippen molar-refractivity contribution in [3.63, 3.8) is 0 Å². The Bertz CT molecular complexity index is 1190. The number of nitrogens with one attached hydrogen (secondary N) is 1. The van der Waals surface area contributed by atoms with Crippen LogP contribution in [0.5, 0.6) is 5.75 Å². The smallest absolute Gasteiger partial charge is 0.203 e. The van der Waals surface area contributed by atoms with E-state index in [1.54, 1.807) is 0 Å². The average Bonchev–Trinajstić information content (AvgIpc) is 2.98. The summed E-state index contributed by atoms with van der Waals surface area (Å²) < 4.78 is 9.65. The molecule has 1 atom stereocenters. The lowest BCUT2D eigenvalue weighted by Gasteiger charge is -2.14. The van der Waals surface area contributed by atoms with Crippen molar-refractivity contribution in [3.05, 3.63) is 95.1 Å². The van der Waals surface area contributed by atoms with E-state index < -0.39 is 6.10 Å². The van der Waals surface area contributed by atoms with E-state index in [1.807, 2.05) is 77.6 Å². The molecule has 4 rings (SSSR count). The van der Waals surface area contributed by atoms with E-state index in [1.165, 1.54) is 0 Å². The van der Waals surface area contributed by atoms with E-state index in [-0.39, 0.29) is 6.61 Å². The largest absolute Gasteiger partial charge is 0.491 e. The lowest BCUT2D eigenvalue weighted by Crippen LogP contribution is -2.31. The third-order valence-electron chi connectivity index (χ3n) is 5.19. The number of aromatic nitrogens is 2. The molecule has 154 valence electrons. The molecule has 0 aliphatic carbocycles. The van der Waals surface area contributed by atoms with Gasteiger partial charge < -0.3 is 19.0 Å². The Hall–Kier alpha value is -3.31. The van der Waals surface area contributed by atoms with Gasteiger partial charge in [0.15, 0.2) is 0 Å². The van der Waals surface area contributed by atoms with Crippen molar-refractivity contribution in [2.45, 2.75) is 33.0 Å². The fourth-order valence-corrected chi connectivity index (χ4v) is 3.88. The van der Waals surface area contributed by atoms with Gasteiger partial charge in [-0.05, 0) is 54.8 Å². The Labute approximate surface area is 176 Å². The summed E-state index contributed by atoms with van der Waals surface area (Å²) in [5.41, 5.74) is 5.68. The van der Waals surface area contributed by atoms with Crippen LogP contribution in [-0.2, 0) is 13.1 Å². The summed E-state index contributed by atoms with van der Waals surface area (Å²) in [6.07, 6.45) is -0.726. The van der Waals surface area contributed by atoms with Crippen LogP contribution in [0.3, 0.4) is 0 Å². The molecule has 1 unspecified atom stereocenters. The molecule has 0 spiro atoms. The quantitative estimate of drug-likeness (QED) is 0.491. The lowest BCUT2D eigenvalue weighted by atomic mass is 10.1. The van der Waals surface area contributed by atoms with Crippen LogP contribution in [0.15, 0.2) is 72.8 Å². The van der Waals surface area contributed by atoms with Gasteiger partial charge in [0.05, 0.1) is 24.1 Å². The number of imidazole rings is 1. The van der Waals surface area contributed by atoms with Crippen LogP contribution in [0, 0.1) is 19.3 Å². The van der Waals surface area contributed by atoms with Gasteiger partial charge in [-0.25, -0.2) is 0 Å². The molecule has 3 aromatic carbocycles. The van der Waals surface area contributed by atoms with Gasteiger partial charge in [0, 0.05) is 0 Å². The molecule has 0 bridgehead atoms. The highest BCUT2D eigenvalue weighted by Crippen LogP contribution is 2.18. The molecular weight excluding hydrogens is 374 g/mol. The second kappa shape index (κ2) is 8.59. The Morgan fingerprint density at radius 3 is 2.13 bits per heavy atom. The highest BCUT2D eigenvalue weighted by molar-refractivity contribution is 5.76. The van der Waals surface area contributed by atoms with E-state index in [0.29, 0.717) is 18.7 Å². The number of nitrogens with zero attached hydrogens (tertiary/aromatic N) is 2. The molecule has 4 aromatic rings. The van der Waals surface area contributed by atoms with Crippen molar-refractivity contribution >= 4 is 11.0 Å². The number of rotatable bonds is 7. The van der Waals surface area contributed by atoms with Gasteiger partial charge in [-0.2, -0.15) is 0 Å². The number of ether oxygens (including phenoxy) is 1. The van der Waals surface area contributed by atoms with Gasteiger partial charge in [0.1, 0.15) is 18.5 Å². The number of fused-ring (bicyclic) bond motifs is 1. The fraction of sp³-hybridized carbons (Fsp3) is 0.240. The monoisotopic (exact) mass is 401 g/mol. The predicted molar refractivity (Wildman–Crippen MR) is 119 cm³/mol. The minimum atomic E-state index is -0.726. The Balaban J connectivity index is 1.56. The van der Waals surface area contributed by atoms with Gasteiger partial charge in [-0.3, -0.25) is 5.41 Å². The third kappa shape index (κ3) is 4.31. The zero-order chi connectivity index (χ0) is 21.1. The molecule has 0 saturated carbocycles. The molecule has 5 heteroatoms. The lowest BCUT2D eigenvalue weighted by molar-refractivity contribution is 0.0920. The summed E-state index contributed by atoms with van der Waals surface area (Å²) in [6.45, 7) is 5.14. The average molecular weight is 402 g/mol. The van der Waals surface area contributed by atoms with Crippen LogP contribution in [0.2, 0.25) is 0 Å². The van der Waals surface area contributed by atoms with Crippen molar-refractivity contribution in [3.8, 4) is 5.75 Å². The molecule has 1 heterocycles. The molecule has 0 aliphatic rings. The van der Waals surface area contributed by atoms with Crippen molar-refractivity contribution in [2.75, 3.05) is 6.61 Å². The van der Waals surface area contributed by atoms with E-state index in [0.717, 1.165) is 33.5 Å². The summed E-state index contributed by atoms with van der Waals surface area (Å²) >= 11 is 0. The van der Waals surface area contributed by atoms with Crippen LogP contribution in [0.25, 0.3) is 11.0 Å². The van der Waals surface area contributed by atoms with Crippen LogP contribution in [-0.4, -0.2) is 27.0 Å². The number of aliphatic hydroxyl groups excluding tert-OH is 1. The number of para-hydroxylation sites is 2. The first-order chi connectivity index (χ1) is 14.5. The molecule has 0 fully saturated rings. The van der Waals surface area contributed by atoms with Crippen LogP contribution in [0.4, 0.5) is 0 Å². The topological polar surface area (TPSA) is 63.2 Å². The standard InChI is InChI=1S/C25H27N3O2/c1-18-12-19(2)14-22(13-18)30-17-21(29)16-28-24-11-7-6-10-23(24)27(25(28)26)15-20-8-4-3-5-9-20/h3-14,21,26,29H,15-17H2,1-2H3. The van der Waals surface area contributed by atoms with Gasteiger partial charge in [-0.1, -0.05) is 48.5 Å². The van der Waals surface area contributed by atoms with Gasteiger partial charge >= 0.3 is 0 Å². The summed E-state index contributed by atoms with van der Waals surface area (Å²) in [7, 11) is 0.